The van der Waals surface area contributed by atoms with E-state index in [0.29, 0.717) is 4.34 Å². The predicted molar refractivity (Wildman–Crippen MR) is 91.2 cm³/mol. The Morgan fingerprint density at radius 1 is 1.24 bits per heavy atom. The topological polar surface area (TPSA) is 64.1 Å². The van der Waals surface area contributed by atoms with Crippen LogP contribution in [0.4, 0.5) is 24.0 Å². The van der Waals surface area contributed by atoms with E-state index in [1.54, 1.807) is 20.8 Å². The highest BCUT2D eigenvalue weighted by atomic mass is 32.2. The molecule has 0 bridgehead atoms. The summed E-state index contributed by atoms with van der Waals surface area (Å²) in [5, 5.41) is 10.5. The van der Waals surface area contributed by atoms with Crippen LogP contribution >= 0.6 is 23.1 Å². The molecule has 0 fully saturated rings. The minimum atomic E-state index is -4.47. The average Bonchev–Trinajstić information content (AvgIpc) is 2.90. The molecule has 5 nitrogen and oxygen atoms in total. The number of aromatic nitrogens is 2. The van der Waals surface area contributed by atoms with Crippen LogP contribution in [0.1, 0.15) is 26.3 Å². The quantitative estimate of drug-likeness (QED) is 0.587. The van der Waals surface area contributed by atoms with Crippen molar-refractivity contribution >= 4 is 39.9 Å². The van der Waals surface area contributed by atoms with Crippen molar-refractivity contribution in [2.45, 2.75) is 36.9 Å². The van der Waals surface area contributed by atoms with Crippen molar-refractivity contribution in [3.8, 4) is 0 Å². The number of alkyl halides is 3. The number of para-hydroxylation sites is 1. The van der Waals surface area contributed by atoms with Crippen molar-refractivity contribution < 1.29 is 22.7 Å². The molecule has 1 aromatic carbocycles. The van der Waals surface area contributed by atoms with Crippen LogP contribution in [0, 0.1) is 0 Å². The second-order valence-corrected chi connectivity index (χ2v) is 8.12. The maximum absolute atomic E-state index is 13.0. The highest BCUT2D eigenvalue weighted by molar-refractivity contribution is 8.01. The molecule has 25 heavy (non-hydrogen) atoms. The van der Waals surface area contributed by atoms with Crippen LogP contribution in [0.15, 0.2) is 28.6 Å². The molecule has 0 atom stereocenters. The van der Waals surface area contributed by atoms with Gasteiger partial charge in [-0.3, -0.25) is 4.79 Å². The molecular formula is C15H16F3N3O2S2. The van der Waals surface area contributed by atoms with E-state index in [1.807, 2.05) is 0 Å². The second kappa shape index (κ2) is 7.61. The van der Waals surface area contributed by atoms with Crippen LogP contribution in [0.2, 0.25) is 0 Å². The third kappa shape index (κ3) is 6.20. The van der Waals surface area contributed by atoms with Crippen molar-refractivity contribution in [3.05, 3.63) is 29.8 Å². The normalized spacial score (nSPS) is 12.1. The second-order valence-electron chi connectivity index (χ2n) is 5.92. The summed E-state index contributed by atoms with van der Waals surface area (Å²) in [5.74, 6) is -0.352. The molecule has 0 aliphatic rings. The van der Waals surface area contributed by atoms with Gasteiger partial charge in [0.25, 0.3) is 0 Å². The molecule has 0 spiro atoms. The Morgan fingerprint density at radius 2 is 1.92 bits per heavy atom. The zero-order valence-electron chi connectivity index (χ0n) is 13.7. The molecule has 0 saturated carbocycles. The molecule has 0 aliphatic carbocycles. The number of rotatable bonds is 5. The van der Waals surface area contributed by atoms with Gasteiger partial charge in [-0.25, -0.2) is 0 Å². The molecule has 10 heteroatoms. The lowest BCUT2D eigenvalue weighted by molar-refractivity contribution is -0.151. The molecule has 2 rings (SSSR count). The summed E-state index contributed by atoms with van der Waals surface area (Å²) in [5.41, 5.74) is -1.46. The van der Waals surface area contributed by atoms with Crippen molar-refractivity contribution in [1.29, 1.82) is 0 Å². The van der Waals surface area contributed by atoms with Crippen molar-refractivity contribution in [2.24, 2.45) is 0 Å². The summed E-state index contributed by atoms with van der Waals surface area (Å²) in [4.78, 5) is 11.7. The number of halogens is 3. The first-order valence-corrected chi connectivity index (χ1v) is 8.96. The lowest BCUT2D eigenvalue weighted by atomic mass is 10.2. The van der Waals surface area contributed by atoms with Crippen LogP contribution in [-0.4, -0.2) is 27.5 Å². The lowest BCUT2D eigenvalue weighted by Gasteiger charge is -2.18. The van der Waals surface area contributed by atoms with E-state index in [0.717, 1.165) is 29.2 Å². The largest absolute Gasteiger partial charge is 0.459 e. The third-order valence-electron chi connectivity index (χ3n) is 2.61. The molecule has 2 aromatic rings. The summed E-state index contributed by atoms with van der Waals surface area (Å²) in [7, 11) is 0. The van der Waals surface area contributed by atoms with Crippen molar-refractivity contribution in [2.75, 3.05) is 11.1 Å². The number of anilines is 2. The number of thioether (sulfide) groups is 1. The number of carbonyl (C=O) groups excluding carboxylic acids is 1. The standard InChI is InChI=1S/C15H16F3N3O2S2/c1-14(2,3)23-11(22)8-24-13-21-20-12(25-13)19-10-7-5-4-6-9(10)15(16,17)18/h4-7H,8H2,1-3H3,(H,19,20). The molecular weight excluding hydrogens is 375 g/mol. The van der Waals surface area contributed by atoms with Crippen LogP contribution in [0.25, 0.3) is 0 Å². The highest BCUT2D eigenvalue weighted by Gasteiger charge is 2.33. The van der Waals surface area contributed by atoms with E-state index in [1.165, 1.54) is 18.2 Å². The summed E-state index contributed by atoms with van der Waals surface area (Å²) in [6.07, 6.45) is -4.47. The Labute approximate surface area is 151 Å². The molecule has 0 unspecified atom stereocenters. The number of benzene rings is 1. The van der Waals surface area contributed by atoms with Gasteiger partial charge in [0.05, 0.1) is 17.0 Å². The van der Waals surface area contributed by atoms with Crippen molar-refractivity contribution in [1.82, 2.24) is 10.2 Å². The summed E-state index contributed by atoms with van der Waals surface area (Å²) in [6, 6.07) is 5.12. The molecule has 0 saturated heterocycles. The molecule has 0 amide bonds. The summed E-state index contributed by atoms with van der Waals surface area (Å²) >= 11 is 2.18. The lowest BCUT2D eigenvalue weighted by Crippen LogP contribution is -2.24. The zero-order chi connectivity index (χ0) is 18.7. The minimum absolute atomic E-state index is 0.0467. The molecule has 1 aromatic heterocycles. The Kier molecular flexibility index (Phi) is 5.94. The van der Waals surface area contributed by atoms with Gasteiger partial charge >= 0.3 is 12.1 Å². The number of esters is 1. The zero-order valence-corrected chi connectivity index (χ0v) is 15.3. The van der Waals surface area contributed by atoms with Gasteiger partial charge < -0.3 is 10.1 Å². The van der Waals surface area contributed by atoms with Gasteiger partial charge in [0, 0.05) is 0 Å². The number of ether oxygens (including phenoxy) is 1. The van der Waals surface area contributed by atoms with Gasteiger partial charge in [-0.2, -0.15) is 13.2 Å². The first-order chi connectivity index (χ1) is 11.5. The van der Waals surface area contributed by atoms with E-state index < -0.39 is 23.3 Å². The Balaban J connectivity index is 2.00. The van der Waals surface area contributed by atoms with Crippen LogP contribution < -0.4 is 5.32 Å². The molecule has 1 N–H and O–H groups in total. The minimum Gasteiger partial charge on any atom is -0.459 e. The van der Waals surface area contributed by atoms with Gasteiger partial charge in [0.2, 0.25) is 5.13 Å². The maximum Gasteiger partial charge on any atom is 0.418 e. The number of nitrogens with one attached hydrogen (secondary N) is 1. The van der Waals surface area contributed by atoms with Gasteiger partial charge in [-0.15, -0.1) is 10.2 Å². The third-order valence-corrected chi connectivity index (χ3v) is 4.56. The van der Waals surface area contributed by atoms with Gasteiger partial charge in [-0.05, 0) is 32.9 Å². The van der Waals surface area contributed by atoms with Crippen molar-refractivity contribution in [3.63, 3.8) is 0 Å². The molecule has 0 radical (unpaired) electrons. The van der Waals surface area contributed by atoms with E-state index >= 15 is 0 Å². The van der Waals surface area contributed by atoms with Crippen LogP contribution in [0.5, 0.6) is 0 Å². The van der Waals surface area contributed by atoms with Gasteiger partial charge in [0.1, 0.15) is 5.60 Å². The monoisotopic (exact) mass is 391 g/mol. The first kappa shape index (κ1) is 19.5. The maximum atomic E-state index is 13.0. The fourth-order valence-corrected chi connectivity index (χ4v) is 3.30. The van der Waals surface area contributed by atoms with Gasteiger partial charge in [-0.1, -0.05) is 35.2 Å². The Morgan fingerprint density at radius 3 is 2.56 bits per heavy atom. The van der Waals surface area contributed by atoms with E-state index in [9.17, 15) is 18.0 Å². The van der Waals surface area contributed by atoms with Crippen LogP contribution in [-0.2, 0) is 15.7 Å². The van der Waals surface area contributed by atoms with E-state index in [2.05, 4.69) is 15.5 Å². The fraction of sp³-hybridized carbons (Fsp3) is 0.400. The van der Waals surface area contributed by atoms with Crippen LogP contribution in [0.3, 0.4) is 0 Å². The SMILES string of the molecule is CC(C)(C)OC(=O)CSc1nnc(Nc2ccccc2C(F)(F)F)s1. The predicted octanol–water partition coefficient (Wildman–Crippen LogP) is 4.73. The fourth-order valence-electron chi connectivity index (χ4n) is 1.76. The average molecular weight is 391 g/mol. The Bertz CT molecular complexity index is 742. The summed E-state index contributed by atoms with van der Waals surface area (Å²) < 4.78 is 44.5. The number of hydrogen-bond donors (Lipinski definition) is 1. The first-order valence-electron chi connectivity index (χ1n) is 7.16. The van der Waals surface area contributed by atoms with E-state index in [-0.39, 0.29) is 16.6 Å². The van der Waals surface area contributed by atoms with E-state index in [4.69, 9.17) is 4.74 Å². The molecule has 1 heterocycles. The number of carbonyl (C=O) groups is 1. The van der Waals surface area contributed by atoms with Gasteiger partial charge in [0.15, 0.2) is 4.34 Å². The number of hydrogen-bond acceptors (Lipinski definition) is 7. The Hall–Kier alpha value is -1.81. The smallest absolute Gasteiger partial charge is 0.418 e. The summed E-state index contributed by atoms with van der Waals surface area (Å²) in [6.45, 7) is 5.29. The number of nitrogens with zero attached hydrogens (tertiary/aromatic N) is 2. The highest BCUT2D eigenvalue weighted by Crippen LogP contribution is 2.36. The molecule has 0 aliphatic heterocycles. The molecule has 136 valence electrons.